The normalized spacial score (nSPS) is 26.9. The lowest BCUT2D eigenvalue weighted by molar-refractivity contribution is -0.161. The van der Waals surface area contributed by atoms with Crippen LogP contribution >= 0.6 is 27.7 Å². The number of carbonyl (C=O) groups excluding carboxylic acids is 2. The highest BCUT2D eigenvalue weighted by Crippen LogP contribution is 2.46. The zero-order chi connectivity index (χ0) is 21.0. The number of aromatic nitrogens is 4. The molecular formula is C15H20BrN5O5S2. The first-order chi connectivity index (χ1) is 12.9. The van der Waals surface area contributed by atoms with Crippen LogP contribution in [0.25, 0.3) is 0 Å². The van der Waals surface area contributed by atoms with Crippen LogP contribution in [-0.2, 0) is 31.2 Å². The van der Waals surface area contributed by atoms with Crippen LogP contribution in [0.3, 0.4) is 0 Å². The van der Waals surface area contributed by atoms with Crippen LogP contribution in [0.5, 0.6) is 0 Å². The van der Waals surface area contributed by atoms with Crippen LogP contribution in [0, 0.1) is 5.41 Å². The molecule has 0 saturated carbocycles. The number of aryl methyl sites for hydroxylation is 1. The number of tetrazole rings is 1. The first-order valence-electron chi connectivity index (χ1n) is 8.28. The van der Waals surface area contributed by atoms with E-state index in [0.29, 0.717) is 10.7 Å². The molecule has 0 N–H and O–H groups in total. The van der Waals surface area contributed by atoms with Gasteiger partial charge in [0.05, 0.1) is 5.70 Å². The third-order valence-corrected chi connectivity index (χ3v) is 9.69. The largest absolute Gasteiger partial charge is 0.368 e. The molecular weight excluding hydrogens is 474 g/mol. The standard InChI is InChI=1S/C15H20BrN5O5S2/c1-15(2,3)10(22)8-7(6-27-14-17-18-19-20(14)4)11(16)28(24,25)13-9(26-5)12(23)21(8)13/h9,11,13H,6H2,1-5H3/t9-,11?,13-/m0/s1. The number of hydrogen-bond acceptors (Lipinski definition) is 9. The number of ether oxygens (including phenoxy) is 1. The van der Waals surface area contributed by atoms with Crippen molar-refractivity contribution in [2.24, 2.45) is 12.5 Å². The minimum atomic E-state index is -3.84. The van der Waals surface area contributed by atoms with Crippen LogP contribution in [0.15, 0.2) is 16.4 Å². The Kier molecular flexibility index (Phi) is 5.49. The van der Waals surface area contributed by atoms with Gasteiger partial charge in [0, 0.05) is 25.3 Å². The topological polar surface area (TPSA) is 124 Å². The van der Waals surface area contributed by atoms with E-state index >= 15 is 0 Å². The van der Waals surface area contributed by atoms with E-state index in [1.165, 1.54) is 23.6 Å². The maximum Gasteiger partial charge on any atom is 0.260 e. The molecule has 1 amide bonds. The summed E-state index contributed by atoms with van der Waals surface area (Å²) in [7, 11) is -0.914. The lowest BCUT2D eigenvalue weighted by atomic mass is 9.86. The fourth-order valence-electron chi connectivity index (χ4n) is 3.02. The molecule has 0 aromatic carbocycles. The predicted molar refractivity (Wildman–Crippen MR) is 104 cm³/mol. The van der Waals surface area contributed by atoms with Crippen molar-refractivity contribution in [3.63, 3.8) is 0 Å². The highest BCUT2D eigenvalue weighted by atomic mass is 79.9. The first kappa shape index (κ1) is 21.4. The van der Waals surface area contributed by atoms with E-state index in [0.717, 1.165) is 4.90 Å². The Labute approximate surface area is 175 Å². The van der Waals surface area contributed by atoms with Gasteiger partial charge in [-0.1, -0.05) is 48.5 Å². The van der Waals surface area contributed by atoms with Gasteiger partial charge in [0.1, 0.15) is 4.16 Å². The molecule has 0 aliphatic carbocycles. The van der Waals surface area contributed by atoms with Gasteiger partial charge in [0.15, 0.2) is 27.1 Å². The minimum absolute atomic E-state index is 0.107. The number of methoxy groups -OCH3 is 1. The quantitative estimate of drug-likeness (QED) is 0.327. The predicted octanol–water partition coefficient (Wildman–Crippen LogP) is 0.504. The summed E-state index contributed by atoms with van der Waals surface area (Å²) >= 11 is 4.43. The molecule has 1 fully saturated rings. The number of thioether (sulfide) groups is 1. The molecule has 3 atom stereocenters. The van der Waals surface area contributed by atoms with E-state index in [2.05, 4.69) is 31.5 Å². The number of fused-ring (bicyclic) bond motifs is 1. The molecule has 28 heavy (non-hydrogen) atoms. The number of alkyl halides is 1. The van der Waals surface area contributed by atoms with Crippen molar-refractivity contribution in [2.45, 2.75) is 41.6 Å². The molecule has 1 unspecified atom stereocenters. The number of nitrogens with zero attached hydrogens (tertiary/aromatic N) is 5. The number of β-lactam (4-membered cyclic amide) rings is 1. The summed E-state index contributed by atoms with van der Waals surface area (Å²) in [5.74, 6) is -0.730. The Balaban J connectivity index is 2.12. The van der Waals surface area contributed by atoms with Crippen molar-refractivity contribution in [3.05, 3.63) is 11.3 Å². The van der Waals surface area contributed by atoms with Crippen molar-refractivity contribution in [3.8, 4) is 0 Å². The number of halogens is 1. The lowest BCUT2D eigenvalue weighted by Gasteiger charge is -2.50. The number of Topliss-reactive ketones (excluding diaryl/α,β-unsaturated/α-hetero) is 1. The molecule has 1 aromatic rings. The van der Waals surface area contributed by atoms with Gasteiger partial charge in [0.2, 0.25) is 5.16 Å². The summed E-state index contributed by atoms with van der Waals surface area (Å²) in [6.07, 6.45) is -1.12. The summed E-state index contributed by atoms with van der Waals surface area (Å²) in [5, 5.41) is 10.4. The van der Waals surface area contributed by atoms with Gasteiger partial charge in [-0.15, -0.1) is 5.10 Å². The molecule has 1 saturated heterocycles. The van der Waals surface area contributed by atoms with Gasteiger partial charge in [-0.3, -0.25) is 14.5 Å². The van der Waals surface area contributed by atoms with Crippen LogP contribution in [-0.4, -0.2) is 73.7 Å². The molecule has 154 valence electrons. The minimum Gasteiger partial charge on any atom is -0.368 e. The Bertz CT molecular complexity index is 968. The maximum atomic E-state index is 13.2. The van der Waals surface area contributed by atoms with Crippen LogP contribution in [0.2, 0.25) is 0 Å². The number of carbonyl (C=O) groups is 2. The molecule has 0 radical (unpaired) electrons. The number of rotatable bonds is 5. The fourth-order valence-corrected chi connectivity index (χ4v) is 7.20. The van der Waals surface area contributed by atoms with Crippen molar-refractivity contribution < 1.29 is 22.7 Å². The average molecular weight is 494 g/mol. The van der Waals surface area contributed by atoms with Crippen LogP contribution in [0.4, 0.5) is 0 Å². The smallest absolute Gasteiger partial charge is 0.260 e. The Morgan fingerprint density at radius 2 is 2.00 bits per heavy atom. The summed E-state index contributed by atoms with van der Waals surface area (Å²) in [6, 6.07) is 0. The highest BCUT2D eigenvalue weighted by Gasteiger charge is 2.63. The second-order valence-electron chi connectivity index (χ2n) is 7.49. The number of sulfone groups is 1. The van der Waals surface area contributed by atoms with E-state index in [9.17, 15) is 18.0 Å². The van der Waals surface area contributed by atoms with Crippen molar-refractivity contribution in [2.75, 3.05) is 12.9 Å². The molecule has 13 heteroatoms. The zero-order valence-electron chi connectivity index (χ0n) is 15.9. The number of allylic oxidation sites excluding steroid dienone is 1. The van der Waals surface area contributed by atoms with Crippen LogP contribution < -0.4 is 0 Å². The SMILES string of the molecule is CO[C@H]1C(=O)N2C(C(=O)C(C)(C)C)=C(CSc3nnnn3C)C(Br)S(=O)(=O)[C@@H]12. The lowest BCUT2D eigenvalue weighted by Crippen LogP contribution is -2.71. The zero-order valence-corrected chi connectivity index (χ0v) is 19.1. The van der Waals surface area contributed by atoms with Gasteiger partial charge < -0.3 is 4.74 Å². The van der Waals surface area contributed by atoms with E-state index in [1.807, 2.05) is 0 Å². The Morgan fingerprint density at radius 1 is 1.36 bits per heavy atom. The van der Waals surface area contributed by atoms with Crippen LogP contribution in [0.1, 0.15) is 20.8 Å². The van der Waals surface area contributed by atoms with E-state index < -0.39 is 36.8 Å². The third-order valence-electron chi connectivity index (χ3n) is 4.53. The van der Waals surface area contributed by atoms with Gasteiger partial charge >= 0.3 is 0 Å². The highest BCUT2D eigenvalue weighted by molar-refractivity contribution is 9.11. The summed E-state index contributed by atoms with van der Waals surface area (Å²) in [6.45, 7) is 5.16. The van der Waals surface area contributed by atoms with Gasteiger partial charge in [0.25, 0.3) is 5.91 Å². The van der Waals surface area contributed by atoms with Gasteiger partial charge in [-0.2, -0.15) is 0 Å². The van der Waals surface area contributed by atoms with E-state index in [1.54, 1.807) is 27.8 Å². The molecule has 0 spiro atoms. The number of hydrogen-bond donors (Lipinski definition) is 0. The van der Waals surface area contributed by atoms with Crippen molar-refractivity contribution in [1.82, 2.24) is 25.1 Å². The second kappa shape index (κ2) is 7.18. The Hall–Kier alpha value is -1.31. The van der Waals surface area contributed by atoms with Crippen molar-refractivity contribution >= 4 is 49.2 Å². The summed E-state index contributed by atoms with van der Waals surface area (Å²) in [4.78, 5) is 26.8. The molecule has 0 bridgehead atoms. The van der Waals surface area contributed by atoms with E-state index in [4.69, 9.17) is 4.74 Å². The number of amides is 1. The molecule has 3 rings (SSSR count). The summed E-state index contributed by atoms with van der Waals surface area (Å²) in [5.41, 5.74) is -0.406. The van der Waals surface area contributed by atoms with E-state index in [-0.39, 0.29) is 17.2 Å². The fraction of sp³-hybridized carbons (Fsp3) is 0.667. The molecule has 1 aromatic heterocycles. The molecule has 3 heterocycles. The average Bonchev–Trinajstić information content (AvgIpc) is 3.00. The molecule has 10 nitrogen and oxygen atoms in total. The summed E-state index contributed by atoms with van der Waals surface area (Å²) < 4.78 is 31.4. The third kappa shape index (κ3) is 3.21. The molecule has 2 aliphatic rings. The molecule has 2 aliphatic heterocycles. The second-order valence-corrected chi connectivity index (χ2v) is 12.1. The van der Waals surface area contributed by atoms with Crippen molar-refractivity contribution in [1.29, 1.82) is 0 Å². The van der Waals surface area contributed by atoms with Gasteiger partial charge in [-0.05, 0) is 16.0 Å². The first-order valence-corrected chi connectivity index (χ1v) is 11.8. The number of ketones is 1. The van der Waals surface area contributed by atoms with Gasteiger partial charge in [-0.25, -0.2) is 13.1 Å². The Morgan fingerprint density at radius 3 is 2.50 bits per heavy atom. The monoisotopic (exact) mass is 493 g/mol. The maximum absolute atomic E-state index is 13.2.